The molecule has 0 saturated carbocycles. The van der Waals surface area contributed by atoms with Gasteiger partial charge < -0.3 is 5.73 Å². The minimum Gasteiger partial charge on any atom is -0.315 e. The van der Waals surface area contributed by atoms with Crippen molar-refractivity contribution in [2.75, 3.05) is 0 Å². The predicted octanol–water partition coefficient (Wildman–Crippen LogP) is 2.87. The van der Waals surface area contributed by atoms with Crippen molar-refractivity contribution in [1.82, 2.24) is 0 Å². The molecule has 0 amide bonds. The van der Waals surface area contributed by atoms with E-state index in [9.17, 15) is 14.0 Å². The molecule has 0 aromatic heterocycles. The maximum absolute atomic E-state index is 13.5. The molecule has 0 fully saturated rings. The number of rotatable bonds is 4. The summed E-state index contributed by atoms with van der Waals surface area (Å²) in [4.78, 5) is 24.1. The molecule has 2 rings (SSSR count). The summed E-state index contributed by atoms with van der Waals surface area (Å²) in [5.74, 6) is -2.02. The summed E-state index contributed by atoms with van der Waals surface area (Å²) in [6.45, 7) is 0. The molecule has 0 aliphatic carbocycles. The fourth-order valence-corrected chi connectivity index (χ4v) is 1.87. The molecular formula is C15H11ClFNO2. The van der Waals surface area contributed by atoms with E-state index >= 15 is 0 Å². The molecule has 0 aliphatic rings. The van der Waals surface area contributed by atoms with Crippen LogP contribution in [0.2, 0.25) is 5.02 Å². The van der Waals surface area contributed by atoms with Gasteiger partial charge in [-0.05, 0) is 36.4 Å². The summed E-state index contributed by atoms with van der Waals surface area (Å²) in [5, 5.41) is 0.468. The van der Waals surface area contributed by atoms with Crippen LogP contribution in [0.4, 0.5) is 4.39 Å². The van der Waals surface area contributed by atoms with Crippen molar-refractivity contribution in [1.29, 1.82) is 0 Å². The molecule has 2 aromatic rings. The number of ketones is 2. The Balaban J connectivity index is 2.25. The molecule has 0 heterocycles. The molecule has 0 spiro atoms. The first kappa shape index (κ1) is 14.4. The van der Waals surface area contributed by atoms with E-state index in [0.717, 1.165) is 6.07 Å². The van der Waals surface area contributed by atoms with Crippen LogP contribution in [0.5, 0.6) is 0 Å². The van der Waals surface area contributed by atoms with Crippen molar-refractivity contribution >= 4 is 23.2 Å². The fourth-order valence-electron chi connectivity index (χ4n) is 1.74. The van der Waals surface area contributed by atoms with Gasteiger partial charge in [-0.1, -0.05) is 23.7 Å². The second-order valence-corrected chi connectivity index (χ2v) is 4.63. The van der Waals surface area contributed by atoms with Crippen molar-refractivity contribution < 1.29 is 14.0 Å². The number of carbonyl (C=O) groups excluding carboxylic acids is 2. The highest BCUT2D eigenvalue weighted by Gasteiger charge is 2.26. The van der Waals surface area contributed by atoms with Gasteiger partial charge in [-0.2, -0.15) is 0 Å². The van der Waals surface area contributed by atoms with E-state index in [4.69, 9.17) is 17.3 Å². The third kappa shape index (κ3) is 2.92. The highest BCUT2D eigenvalue weighted by atomic mass is 35.5. The van der Waals surface area contributed by atoms with Crippen LogP contribution in [0.3, 0.4) is 0 Å². The number of halogens is 2. The van der Waals surface area contributed by atoms with E-state index in [1.54, 1.807) is 0 Å². The van der Waals surface area contributed by atoms with Gasteiger partial charge in [0.1, 0.15) is 11.9 Å². The molecule has 1 atom stereocenters. The quantitative estimate of drug-likeness (QED) is 0.696. The number of Topliss-reactive ketones (excluding diaryl/α,β-unsaturated/α-hetero) is 2. The largest absolute Gasteiger partial charge is 0.315 e. The monoisotopic (exact) mass is 291 g/mol. The average Bonchev–Trinajstić information content (AvgIpc) is 2.46. The minimum atomic E-state index is -1.44. The molecule has 2 aromatic carbocycles. The van der Waals surface area contributed by atoms with Crippen LogP contribution in [0.25, 0.3) is 0 Å². The van der Waals surface area contributed by atoms with E-state index < -0.39 is 23.4 Å². The highest BCUT2D eigenvalue weighted by Crippen LogP contribution is 2.14. The van der Waals surface area contributed by atoms with Crippen LogP contribution in [0, 0.1) is 5.82 Å². The molecule has 102 valence electrons. The van der Waals surface area contributed by atoms with Gasteiger partial charge in [0.25, 0.3) is 0 Å². The summed E-state index contributed by atoms with van der Waals surface area (Å²) < 4.78 is 13.5. The van der Waals surface area contributed by atoms with Crippen molar-refractivity contribution in [3.63, 3.8) is 0 Å². The Morgan fingerprint density at radius 1 is 1.00 bits per heavy atom. The van der Waals surface area contributed by atoms with E-state index in [2.05, 4.69) is 0 Å². The topological polar surface area (TPSA) is 60.2 Å². The highest BCUT2D eigenvalue weighted by molar-refractivity contribution is 6.30. The Hall–Kier alpha value is -2.04. The van der Waals surface area contributed by atoms with E-state index in [-0.39, 0.29) is 11.1 Å². The zero-order valence-corrected chi connectivity index (χ0v) is 11.1. The lowest BCUT2D eigenvalue weighted by molar-refractivity contribution is 0.0861. The lowest BCUT2D eigenvalue weighted by atomic mass is 9.97. The standard InChI is InChI=1S/C15H11ClFNO2/c16-10-7-5-9(6-8-10)14(19)13(18)15(20)11-3-1-2-4-12(11)17/h1-8,13H,18H2. The maximum atomic E-state index is 13.5. The summed E-state index contributed by atoms with van der Waals surface area (Å²) in [6.07, 6.45) is 0. The van der Waals surface area contributed by atoms with Crippen molar-refractivity contribution in [2.45, 2.75) is 6.04 Å². The summed E-state index contributed by atoms with van der Waals surface area (Å²) in [7, 11) is 0. The van der Waals surface area contributed by atoms with Gasteiger partial charge in [-0.3, -0.25) is 9.59 Å². The third-order valence-electron chi connectivity index (χ3n) is 2.83. The van der Waals surface area contributed by atoms with Crippen molar-refractivity contribution in [3.05, 3.63) is 70.5 Å². The van der Waals surface area contributed by atoms with Crippen LogP contribution < -0.4 is 5.73 Å². The van der Waals surface area contributed by atoms with Crippen LogP contribution in [0.15, 0.2) is 48.5 Å². The zero-order valence-electron chi connectivity index (χ0n) is 10.3. The molecule has 5 heteroatoms. The first-order chi connectivity index (χ1) is 9.50. The van der Waals surface area contributed by atoms with Gasteiger partial charge in [0.15, 0.2) is 11.6 Å². The summed E-state index contributed by atoms with van der Waals surface area (Å²) in [6, 6.07) is 9.96. The number of benzene rings is 2. The summed E-state index contributed by atoms with van der Waals surface area (Å²) >= 11 is 5.72. The van der Waals surface area contributed by atoms with Gasteiger partial charge in [0.05, 0.1) is 5.56 Å². The fraction of sp³-hybridized carbons (Fsp3) is 0.0667. The molecule has 3 nitrogen and oxygen atoms in total. The number of hydrogen-bond acceptors (Lipinski definition) is 3. The van der Waals surface area contributed by atoms with Crippen LogP contribution in [-0.4, -0.2) is 17.6 Å². The molecule has 20 heavy (non-hydrogen) atoms. The second-order valence-electron chi connectivity index (χ2n) is 4.19. The molecule has 0 radical (unpaired) electrons. The van der Waals surface area contributed by atoms with Gasteiger partial charge >= 0.3 is 0 Å². The molecule has 0 aliphatic heterocycles. The molecule has 2 N–H and O–H groups in total. The Morgan fingerprint density at radius 2 is 1.60 bits per heavy atom. The summed E-state index contributed by atoms with van der Waals surface area (Å²) in [5.41, 5.74) is 5.70. The normalized spacial score (nSPS) is 11.9. The van der Waals surface area contributed by atoms with Crippen LogP contribution in [0.1, 0.15) is 20.7 Å². The number of hydrogen-bond donors (Lipinski definition) is 1. The average molecular weight is 292 g/mol. The van der Waals surface area contributed by atoms with Crippen LogP contribution in [-0.2, 0) is 0 Å². The Kier molecular flexibility index (Phi) is 4.27. The van der Waals surface area contributed by atoms with Gasteiger partial charge in [-0.25, -0.2) is 4.39 Å². The maximum Gasteiger partial charge on any atom is 0.190 e. The second kappa shape index (κ2) is 5.94. The zero-order chi connectivity index (χ0) is 14.7. The Morgan fingerprint density at radius 3 is 2.20 bits per heavy atom. The van der Waals surface area contributed by atoms with Crippen molar-refractivity contribution in [2.24, 2.45) is 5.73 Å². The van der Waals surface area contributed by atoms with Crippen LogP contribution >= 0.6 is 11.6 Å². The van der Waals surface area contributed by atoms with E-state index in [1.165, 1.54) is 42.5 Å². The van der Waals surface area contributed by atoms with E-state index in [0.29, 0.717) is 5.02 Å². The Labute approximate surface area is 120 Å². The third-order valence-corrected chi connectivity index (χ3v) is 3.08. The molecule has 0 saturated heterocycles. The van der Waals surface area contributed by atoms with E-state index in [1.807, 2.05) is 0 Å². The first-order valence-electron chi connectivity index (χ1n) is 5.85. The first-order valence-corrected chi connectivity index (χ1v) is 6.22. The lowest BCUT2D eigenvalue weighted by Crippen LogP contribution is -2.39. The smallest absolute Gasteiger partial charge is 0.190 e. The van der Waals surface area contributed by atoms with Gasteiger partial charge in [0, 0.05) is 10.6 Å². The number of nitrogens with two attached hydrogens (primary N) is 1. The van der Waals surface area contributed by atoms with Gasteiger partial charge in [-0.15, -0.1) is 0 Å². The SMILES string of the molecule is NC(C(=O)c1ccc(Cl)cc1)C(=O)c1ccccc1F. The molecule has 0 bridgehead atoms. The number of carbonyl (C=O) groups is 2. The predicted molar refractivity (Wildman–Crippen MR) is 74.5 cm³/mol. The molecule has 1 unspecified atom stereocenters. The minimum absolute atomic E-state index is 0.192. The van der Waals surface area contributed by atoms with Gasteiger partial charge in [0.2, 0.25) is 0 Å². The molecular weight excluding hydrogens is 281 g/mol. The lowest BCUT2D eigenvalue weighted by Gasteiger charge is -2.10. The Bertz CT molecular complexity index is 655. The van der Waals surface area contributed by atoms with Crippen molar-refractivity contribution in [3.8, 4) is 0 Å².